The van der Waals surface area contributed by atoms with E-state index in [-0.39, 0.29) is 31.1 Å². The van der Waals surface area contributed by atoms with Gasteiger partial charge in [0.1, 0.15) is 13.2 Å². The summed E-state index contributed by atoms with van der Waals surface area (Å²) >= 11 is 0. The number of unbranched alkanes of at least 4 members (excludes halogenated alkanes) is 56. The van der Waals surface area contributed by atoms with Gasteiger partial charge in [0, 0.05) is 19.3 Å². The van der Waals surface area contributed by atoms with Gasteiger partial charge in [-0.25, -0.2) is 0 Å². The molecule has 0 rings (SSSR count). The molecular formula is C77H146O6. The zero-order valence-corrected chi connectivity index (χ0v) is 56.5. The van der Waals surface area contributed by atoms with Crippen molar-refractivity contribution in [3.05, 3.63) is 24.3 Å². The van der Waals surface area contributed by atoms with Gasteiger partial charge in [0.05, 0.1) is 0 Å². The van der Waals surface area contributed by atoms with Crippen molar-refractivity contribution in [3.8, 4) is 0 Å². The lowest BCUT2D eigenvalue weighted by Gasteiger charge is -2.18. The first-order chi connectivity index (χ1) is 41.0. The Morgan fingerprint density at radius 2 is 0.434 bits per heavy atom. The van der Waals surface area contributed by atoms with Gasteiger partial charge in [-0.05, 0) is 51.4 Å². The summed E-state index contributed by atoms with van der Waals surface area (Å²) in [5, 5.41) is 0. The molecular weight excluding hydrogens is 1020 g/mol. The second kappa shape index (κ2) is 72.4. The molecule has 1 atom stereocenters. The van der Waals surface area contributed by atoms with E-state index in [1.54, 1.807) is 0 Å². The van der Waals surface area contributed by atoms with E-state index < -0.39 is 6.10 Å². The fraction of sp³-hybridized carbons (Fsp3) is 0.909. The molecule has 1 unspecified atom stereocenters. The van der Waals surface area contributed by atoms with E-state index in [2.05, 4.69) is 45.1 Å². The van der Waals surface area contributed by atoms with E-state index >= 15 is 0 Å². The van der Waals surface area contributed by atoms with Crippen molar-refractivity contribution in [2.45, 2.75) is 438 Å². The number of carbonyl (C=O) groups excluding carboxylic acids is 3. The van der Waals surface area contributed by atoms with Crippen LogP contribution in [-0.4, -0.2) is 37.2 Å². The molecule has 0 aliphatic rings. The zero-order valence-electron chi connectivity index (χ0n) is 56.5. The Balaban J connectivity index is 4.05. The van der Waals surface area contributed by atoms with Gasteiger partial charge in [0.25, 0.3) is 0 Å². The summed E-state index contributed by atoms with van der Waals surface area (Å²) in [5.41, 5.74) is 0. The van der Waals surface area contributed by atoms with Gasteiger partial charge in [-0.15, -0.1) is 0 Å². The average molecular weight is 1170 g/mol. The summed E-state index contributed by atoms with van der Waals surface area (Å²) in [6.07, 6.45) is 89.6. The third-order valence-corrected chi connectivity index (χ3v) is 17.5. The molecule has 0 aliphatic carbocycles. The second-order valence-electron chi connectivity index (χ2n) is 25.9. The molecule has 0 saturated heterocycles. The van der Waals surface area contributed by atoms with Gasteiger partial charge in [-0.1, -0.05) is 385 Å². The van der Waals surface area contributed by atoms with Crippen molar-refractivity contribution in [1.82, 2.24) is 0 Å². The molecule has 0 spiro atoms. The summed E-state index contributed by atoms with van der Waals surface area (Å²) < 4.78 is 17.0. The lowest BCUT2D eigenvalue weighted by atomic mass is 10.0. The Hall–Kier alpha value is -2.11. The maximum Gasteiger partial charge on any atom is 0.306 e. The quantitative estimate of drug-likeness (QED) is 0.0261. The van der Waals surface area contributed by atoms with Crippen LogP contribution in [0.5, 0.6) is 0 Å². The largest absolute Gasteiger partial charge is 0.462 e. The van der Waals surface area contributed by atoms with Gasteiger partial charge in [-0.2, -0.15) is 0 Å². The minimum Gasteiger partial charge on any atom is -0.462 e. The number of ether oxygens (including phenoxy) is 3. The van der Waals surface area contributed by atoms with Crippen LogP contribution in [0.1, 0.15) is 432 Å². The second-order valence-corrected chi connectivity index (χ2v) is 25.9. The van der Waals surface area contributed by atoms with Gasteiger partial charge >= 0.3 is 17.9 Å². The van der Waals surface area contributed by atoms with Gasteiger partial charge in [0.2, 0.25) is 0 Å². The molecule has 6 heteroatoms. The van der Waals surface area contributed by atoms with Crippen LogP contribution >= 0.6 is 0 Å². The monoisotopic (exact) mass is 1170 g/mol. The van der Waals surface area contributed by atoms with Crippen molar-refractivity contribution in [2.24, 2.45) is 0 Å². The molecule has 490 valence electrons. The van der Waals surface area contributed by atoms with Crippen molar-refractivity contribution in [1.29, 1.82) is 0 Å². The highest BCUT2D eigenvalue weighted by atomic mass is 16.6. The van der Waals surface area contributed by atoms with Crippen LogP contribution < -0.4 is 0 Å². The Bertz CT molecular complexity index is 1340. The minimum atomic E-state index is -0.776. The first-order valence-electron chi connectivity index (χ1n) is 37.8. The van der Waals surface area contributed by atoms with E-state index in [9.17, 15) is 14.4 Å². The maximum atomic E-state index is 12.9. The molecule has 0 fully saturated rings. The average Bonchev–Trinajstić information content (AvgIpc) is 3.50. The van der Waals surface area contributed by atoms with E-state index in [4.69, 9.17) is 14.2 Å². The van der Waals surface area contributed by atoms with Gasteiger partial charge < -0.3 is 14.2 Å². The lowest BCUT2D eigenvalue weighted by molar-refractivity contribution is -0.167. The van der Waals surface area contributed by atoms with Crippen LogP contribution in [0.3, 0.4) is 0 Å². The SMILES string of the molecule is CCCCC/C=C\C/C=C\CCCCCCCC(=O)OC(COC(=O)CCCCCCCCCCCCCCCCC)COC(=O)CCCCCCCCCCCCCCCCCCCCCCCCCCCCCCCCCCCCC. The number of allylic oxidation sites excluding steroid dienone is 4. The van der Waals surface area contributed by atoms with E-state index in [0.29, 0.717) is 19.3 Å². The highest BCUT2D eigenvalue weighted by Gasteiger charge is 2.20. The van der Waals surface area contributed by atoms with Crippen molar-refractivity contribution >= 4 is 17.9 Å². The summed E-state index contributed by atoms with van der Waals surface area (Å²) in [6, 6.07) is 0. The Kier molecular flexibility index (Phi) is 70.5. The molecule has 0 bridgehead atoms. The topological polar surface area (TPSA) is 78.9 Å². The highest BCUT2D eigenvalue weighted by Crippen LogP contribution is 2.20. The smallest absolute Gasteiger partial charge is 0.306 e. The van der Waals surface area contributed by atoms with Crippen molar-refractivity contribution in [3.63, 3.8) is 0 Å². The fourth-order valence-electron chi connectivity index (χ4n) is 11.8. The molecule has 83 heavy (non-hydrogen) atoms. The van der Waals surface area contributed by atoms with E-state index in [0.717, 1.165) is 77.0 Å². The van der Waals surface area contributed by atoms with Gasteiger partial charge in [-0.3, -0.25) is 14.4 Å². The molecule has 0 N–H and O–H groups in total. The van der Waals surface area contributed by atoms with Crippen LogP contribution in [0.2, 0.25) is 0 Å². The number of rotatable bonds is 71. The molecule has 0 radical (unpaired) electrons. The summed E-state index contributed by atoms with van der Waals surface area (Å²) in [7, 11) is 0. The molecule has 0 aromatic heterocycles. The Morgan fingerprint density at radius 3 is 0.687 bits per heavy atom. The maximum absolute atomic E-state index is 12.9. The normalized spacial score (nSPS) is 12.1. The molecule has 0 aromatic rings. The standard InChI is InChI=1S/C77H146O6/c1-4-7-10-13-16-19-22-25-28-29-30-31-32-33-34-35-36-37-38-39-40-41-42-43-44-45-46-47-50-52-55-58-61-64-67-70-76(79)82-73-74(83-77(80)71-68-65-62-59-56-53-49-27-24-21-18-15-12-9-6-3)72-81-75(78)69-66-63-60-57-54-51-48-26-23-20-17-14-11-8-5-2/h18,21,27,49,74H,4-17,19-20,22-26,28-48,50-73H2,1-3H3/b21-18-,49-27-. The third-order valence-electron chi connectivity index (χ3n) is 17.5. The predicted octanol–water partition coefficient (Wildman–Crippen LogP) is 26.1. The van der Waals surface area contributed by atoms with Crippen LogP contribution in [-0.2, 0) is 28.6 Å². The van der Waals surface area contributed by atoms with Crippen molar-refractivity contribution < 1.29 is 28.6 Å². The molecule has 0 aromatic carbocycles. The van der Waals surface area contributed by atoms with E-state index in [1.807, 2.05) is 0 Å². The summed E-state index contributed by atoms with van der Waals surface area (Å²) in [6.45, 7) is 6.69. The fourth-order valence-corrected chi connectivity index (χ4v) is 11.8. The predicted molar refractivity (Wildman–Crippen MR) is 363 cm³/mol. The van der Waals surface area contributed by atoms with Crippen molar-refractivity contribution in [2.75, 3.05) is 13.2 Å². The zero-order chi connectivity index (χ0) is 59.9. The Labute approximate surface area is 519 Å². The minimum absolute atomic E-state index is 0.0708. The number of esters is 3. The lowest BCUT2D eigenvalue weighted by Crippen LogP contribution is -2.30. The molecule has 6 nitrogen and oxygen atoms in total. The third kappa shape index (κ3) is 70.5. The Morgan fingerprint density at radius 1 is 0.241 bits per heavy atom. The van der Waals surface area contributed by atoms with Crippen LogP contribution in [0, 0.1) is 0 Å². The molecule has 0 aliphatic heterocycles. The van der Waals surface area contributed by atoms with E-state index in [1.165, 1.54) is 315 Å². The van der Waals surface area contributed by atoms with Crippen LogP contribution in [0.15, 0.2) is 24.3 Å². The first kappa shape index (κ1) is 80.9. The van der Waals surface area contributed by atoms with Gasteiger partial charge in [0.15, 0.2) is 6.10 Å². The molecule has 0 saturated carbocycles. The summed E-state index contributed by atoms with van der Waals surface area (Å²) in [5.74, 6) is -0.852. The highest BCUT2D eigenvalue weighted by molar-refractivity contribution is 5.71. The molecule has 0 heterocycles. The van der Waals surface area contributed by atoms with Crippen LogP contribution in [0.4, 0.5) is 0 Å². The number of hydrogen-bond acceptors (Lipinski definition) is 6. The van der Waals surface area contributed by atoms with Crippen LogP contribution in [0.25, 0.3) is 0 Å². The number of carbonyl (C=O) groups is 3. The number of hydrogen-bond donors (Lipinski definition) is 0. The molecule has 0 amide bonds. The summed E-state index contributed by atoms with van der Waals surface area (Å²) in [4.78, 5) is 38.4. The first-order valence-corrected chi connectivity index (χ1v) is 37.8.